The largest absolute Gasteiger partial charge is 0.0726 e. The quantitative estimate of drug-likeness (QED) is 0.642. The van der Waals surface area contributed by atoms with Crippen molar-refractivity contribution in [2.45, 2.75) is 31.6 Å². The van der Waals surface area contributed by atoms with Crippen molar-refractivity contribution in [3.05, 3.63) is 71.3 Å². The van der Waals surface area contributed by atoms with Gasteiger partial charge in [0, 0.05) is 5.92 Å². The van der Waals surface area contributed by atoms with E-state index in [4.69, 9.17) is 0 Å². The van der Waals surface area contributed by atoms with Crippen LogP contribution >= 0.6 is 0 Å². The Kier molecular flexibility index (Phi) is 2.96. The van der Waals surface area contributed by atoms with Crippen molar-refractivity contribution >= 4 is 0 Å². The first-order valence-electron chi connectivity index (χ1n) is 6.57. The predicted octanol–water partition coefficient (Wildman–Crippen LogP) is 4.77. The maximum Gasteiger partial charge on any atom is 0.0272 e. The topological polar surface area (TPSA) is 0 Å². The van der Waals surface area contributed by atoms with E-state index in [9.17, 15) is 0 Å². The minimum atomic E-state index is 0.481. The third-order valence-corrected chi connectivity index (χ3v) is 3.80. The molecule has 0 nitrogen and oxygen atoms in total. The molecule has 0 heterocycles. The van der Waals surface area contributed by atoms with Gasteiger partial charge >= 0.3 is 0 Å². The summed E-state index contributed by atoms with van der Waals surface area (Å²) in [7, 11) is 0. The van der Waals surface area contributed by atoms with E-state index in [-0.39, 0.29) is 0 Å². The highest BCUT2D eigenvalue weighted by Crippen LogP contribution is 2.37. The van der Waals surface area contributed by atoms with Gasteiger partial charge in [-0.2, -0.15) is 0 Å². The van der Waals surface area contributed by atoms with Gasteiger partial charge in [0.2, 0.25) is 0 Å². The van der Waals surface area contributed by atoms with E-state index in [0.717, 1.165) is 0 Å². The Morgan fingerprint density at radius 3 is 2.41 bits per heavy atom. The minimum Gasteiger partial charge on any atom is -0.0726 e. The summed E-state index contributed by atoms with van der Waals surface area (Å²) < 4.78 is 0. The summed E-state index contributed by atoms with van der Waals surface area (Å²) in [6, 6.07) is 10.8. The van der Waals surface area contributed by atoms with E-state index in [1.807, 2.05) is 0 Å². The Bertz CT molecular complexity index is 466. The number of hydrogen-bond donors (Lipinski definition) is 0. The first-order valence-corrected chi connectivity index (χ1v) is 6.57. The van der Waals surface area contributed by atoms with Crippen molar-refractivity contribution in [1.82, 2.24) is 0 Å². The van der Waals surface area contributed by atoms with Crippen molar-refractivity contribution < 1.29 is 0 Å². The van der Waals surface area contributed by atoms with E-state index >= 15 is 0 Å². The highest BCUT2D eigenvalue weighted by molar-refractivity contribution is 5.46. The van der Waals surface area contributed by atoms with Gasteiger partial charge in [0.15, 0.2) is 0 Å². The van der Waals surface area contributed by atoms with Gasteiger partial charge in [-0.25, -0.2) is 0 Å². The summed E-state index contributed by atoms with van der Waals surface area (Å²) in [5.41, 5.74) is 4.65. The molecule has 2 aliphatic carbocycles. The van der Waals surface area contributed by atoms with E-state index in [2.05, 4.69) is 54.6 Å². The van der Waals surface area contributed by atoms with Crippen LogP contribution in [0, 0.1) is 0 Å². The van der Waals surface area contributed by atoms with Gasteiger partial charge < -0.3 is 0 Å². The zero-order valence-corrected chi connectivity index (χ0v) is 10.1. The molecule has 0 aromatic heterocycles. The Labute approximate surface area is 103 Å². The van der Waals surface area contributed by atoms with E-state index < -0.39 is 0 Å². The fourth-order valence-electron chi connectivity index (χ4n) is 2.92. The van der Waals surface area contributed by atoms with Crippen LogP contribution in [0.2, 0.25) is 0 Å². The summed E-state index contributed by atoms with van der Waals surface area (Å²) in [6.45, 7) is 0. The number of rotatable bonds is 1. The van der Waals surface area contributed by atoms with Crippen molar-refractivity contribution in [1.29, 1.82) is 0 Å². The maximum atomic E-state index is 2.33. The SMILES string of the molecule is C1=CC(=C2CCCC2)C(c2ccccc2)C=C1. The summed E-state index contributed by atoms with van der Waals surface area (Å²) >= 11 is 0. The van der Waals surface area contributed by atoms with Crippen molar-refractivity contribution in [2.24, 2.45) is 0 Å². The lowest BCUT2D eigenvalue weighted by atomic mass is 9.84. The summed E-state index contributed by atoms with van der Waals surface area (Å²) in [6.07, 6.45) is 14.4. The average Bonchev–Trinajstić information content (AvgIpc) is 2.94. The molecule has 0 amide bonds. The summed E-state index contributed by atoms with van der Waals surface area (Å²) in [5.74, 6) is 0.481. The second-order valence-corrected chi connectivity index (χ2v) is 4.90. The molecule has 3 rings (SSSR count). The first-order chi connectivity index (χ1) is 8.45. The van der Waals surface area contributed by atoms with E-state index in [1.54, 1.807) is 11.1 Å². The van der Waals surface area contributed by atoms with Crippen LogP contribution in [0.3, 0.4) is 0 Å². The molecule has 0 aliphatic heterocycles. The zero-order chi connectivity index (χ0) is 11.5. The van der Waals surface area contributed by atoms with Gasteiger partial charge in [-0.15, -0.1) is 0 Å². The molecule has 0 radical (unpaired) electrons. The van der Waals surface area contributed by atoms with Crippen LogP contribution in [-0.4, -0.2) is 0 Å². The molecule has 1 fully saturated rings. The molecule has 0 heteroatoms. The van der Waals surface area contributed by atoms with Gasteiger partial charge in [0.25, 0.3) is 0 Å². The monoisotopic (exact) mass is 222 g/mol. The number of hydrogen-bond acceptors (Lipinski definition) is 0. The molecule has 0 bridgehead atoms. The van der Waals surface area contributed by atoms with Crippen LogP contribution in [-0.2, 0) is 0 Å². The predicted molar refractivity (Wildman–Crippen MR) is 73.0 cm³/mol. The first kappa shape index (κ1) is 10.6. The van der Waals surface area contributed by atoms with E-state index in [1.165, 1.54) is 31.2 Å². The molecule has 1 atom stereocenters. The molecule has 0 saturated heterocycles. The normalized spacial score (nSPS) is 23.4. The highest BCUT2D eigenvalue weighted by Gasteiger charge is 2.19. The lowest BCUT2D eigenvalue weighted by Gasteiger charge is -2.20. The molecule has 17 heavy (non-hydrogen) atoms. The van der Waals surface area contributed by atoms with Gasteiger partial charge in [-0.05, 0) is 36.8 Å². The maximum absolute atomic E-state index is 2.33. The molecular weight excluding hydrogens is 204 g/mol. The Morgan fingerprint density at radius 1 is 0.882 bits per heavy atom. The Hall–Kier alpha value is -1.56. The lowest BCUT2D eigenvalue weighted by molar-refractivity contribution is 0.886. The lowest BCUT2D eigenvalue weighted by Crippen LogP contribution is -2.02. The fourth-order valence-corrected chi connectivity index (χ4v) is 2.92. The van der Waals surface area contributed by atoms with Crippen LogP contribution in [0.5, 0.6) is 0 Å². The van der Waals surface area contributed by atoms with Crippen molar-refractivity contribution in [3.8, 4) is 0 Å². The fraction of sp³-hybridized carbons (Fsp3) is 0.294. The molecular formula is C17H18. The number of benzene rings is 1. The Balaban J connectivity index is 2.00. The second-order valence-electron chi connectivity index (χ2n) is 4.90. The Morgan fingerprint density at radius 2 is 1.65 bits per heavy atom. The van der Waals surface area contributed by atoms with Gasteiger partial charge in [0.1, 0.15) is 0 Å². The van der Waals surface area contributed by atoms with Crippen molar-refractivity contribution in [2.75, 3.05) is 0 Å². The third kappa shape index (κ3) is 2.12. The molecule has 2 aliphatic rings. The van der Waals surface area contributed by atoms with Crippen LogP contribution in [0.25, 0.3) is 0 Å². The van der Waals surface area contributed by atoms with Crippen molar-refractivity contribution in [3.63, 3.8) is 0 Å². The molecule has 1 saturated carbocycles. The smallest absolute Gasteiger partial charge is 0.0272 e. The highest BCUT2D eigenvalue weighted by atomic mass is 14.2. The van der Waals surface area contributed by atoms with Crippen LogP contribution in [0.1, 0.15) is 37.2 Å². The summed E-state index contributed by atoms with van der Waals surface area (Å²) in [4.78, 5) is 0. The molecule has 1 unspecified atom stereocenters. The van der Waals surface area contributed by atoms with Gasteiger partial charge in [-0.3, -0.25) is 0 Å². The third-order valence-electron chi connectivity index (χ3n) is 3.80. The standard InChI is InChI=1S/C17H18/c1-2-8-14(9-3-1)16-12-6-7-13-17(16)15-10-4-5-11-15/h1-3,6-9,12-13,16H,4-5,10-11H2. The van der Waals surface area contributed by atoms with Crippen LogP contribution in [0.4, 0.5) is 0 Å². The molecule has 1 aromatic carbocycles. The van der Waals surface area contributed by atoms with Gasteiger partial charge in [-0.1, -0.05) is 60.2 Å². The van der Waals surface area contributed by atoms with Gasteiger partial charge in [0.05, 0.1) is 0 Å². The van der Waals surface area contributed by atoms with Crippen LogP contribution in [0.15, 0.2) is 65.8 Å². The zero-order valence-electron chi connectivity index (χ0n) is 10.1. The molecule has 86 valence electrons. The molecule has 0 spiro atoms. The second kappa shape index (κ2) is 4.75. The number of allylic oxidation sites excluding steroid dienone is 6. The minimum absolute atomic E-state index is 0.481. The molecule has 1 aromatic rings. The van der Waals surface area contributed by atoms with Crippen LogP contribution < -0.4 is 0 Å². The van der Waals surface area contributed by atoms with E-state index in [0.29, 0.717) is 5.92 Å². The summed E-state index contributed by atoms with van der Waals surface area (Å²) in [5, 5.41) is 0. The molecule has 0 N–H and O–H groups in total. The average molecular weight is 222 g/mol.